The monoisotopic (exact) mass is 261 g/mol. The molecule has 1 aromatic carbocycles. The van der Waals surface area contributed by atoms with Crippen molar-refractivity contribution in [3.8, 4) is 0 Å². The van der Waals surface area contributed by atoms with Gasteiger partial charge in [0.25, 0.3) is 0 Å². The average Bonchev–Trinajstić information content (AvgIpc) is 2.90. The van der Waals surface area contributed by atoms with E-state index in [1.165, 1.54) is 4.88 Å². The molecule has 0 aliphatic heterocycles. The van der Waals surface area contributed by atoms with Crippen LogP contribution < -0.4 is 4.90 Å². The first-order valence-corrected chi connectivity index (χ1v) is 7.04. The Morgan fingerprint density at radius 2 is 2.00 bits per heavy atom. The number of hydrogen-bond acceptors (Lipinski definition) is 3. The maximum atomic E-state index is 9.38. The highest BCUT2D eigenvalue weighted by Gasteiger charge is 2.13. The minimum absolute atomic E-state index is 0.0895. The van der Waals surface area contributed by atoms with Crippen LogP contribution in [0, 0.1) is 0 Å². The molecule has 0 amide bonds. The van der Waals surface area contributed by atoms with E-state index in [1.807, 2.05) is 18.2 Å². The third kappa shape index (κ3) is 2.92. The lowest BCUT2D eigenvalue weighted by Crippen LogP contribution is -2.31. The summed E-state index contributed by atoms with van der Waals surface area (Å²) in [5, 5.41) is 11.5. The fourth-order valence-corrected chi connectivity index (χ4v) is 2.91. The largest absolute Gasteiger partial charge is 0.392 e. The zero-order chi connectivity index (χ0) is 13.0. The van der Waals surface area contributed by atoms with Crippen molar-refractivity contribution in [3.63, 3.8) is 0 Å². The second kappa shape index (κ2) is 6.03. The molecule has 2 rings (SSSR count). The molecule has 2 nitrogen and oxygen atoms in total. The number of para-hydroxylation sites is 1. The summed E-state index contributed by atoms with van der Waals surface area (Å²) < 4.78 is 0. The number of nitrogens with zero attached hydrogens (tertiary/aromatic N) is 1. The van der Waals surface area contributed by atoms with Gasteiger partial charge in [-0.15, -0.1) is 11.3 Å². The van der Waals surface area contributed by atoms with E-state index in [2.05, 4.69) is 42.5 Å². The third-order valence-corrected chi connectivity index (χ3v) is 4.18. The summed E-state index contributed by atoms with van der Waals surface area (Å²) in [5.74, 6) is 0. The fourth-order valence-electron chi connectivity index (χ4n) is 2.08. The highest BCUT2D eigenvalue weighted by Crippen LogP contribution is 2.23. The SMILES string of the molecule is CC(Cc1cccs1)N(C)c1ccccc1CO. The minimum Gasteiger partial charge on any atom is -0.392 e. The van der Waals surface area contributed by atoms with Gasteiger partial charge in [-0.3, -0.25) is 0 Å². The van der Waals surface area contributed by atoms with Gasteiger partial charge in [0.15, 0.2) is 0 Å². The zero-order valence-electron chi connectivity index (χ0n) is 10.8. The van der Waals surface area contributed by atoms with Crippen molar-refractivity contribution in [1.29, 1.82) is 0 Å². The van der Waals surface area contributed by atoms with Gasteiger partial charge in [-0.2, -0.15) is 0 Å². The molecule has 1 unspecified atom stereocenters. The Morgan fingerprint density at radius 1 is 1.22 bits per heavy atom. The summed E-state index contributed by atoms with van der Waals surface area (Å²) in [6.07, 6.45) is 1.04. The van der Waals surface area contributed by atoms with Crippen molar-refractivity contribution < 1.29 is 5.11 Å². The molecule has 0 spiro atoms. The standard InChI is InChI=1S/C15H19NOS/c1-12(10-14-7-5-9-18-14)16(2)15-8-4-3-6-13(15)11-17/h3-9,12,17H,10-11H2,1-2H3. The maximum absolute atomic E-state index is 9.38. The quantitative estimate of drug-likeness (QED) is 0.892. The number of rotatable bonds is 5. The van der Waals surface area contributed by atoms with Gasteiger partial charge in [0.2, 0.25) is 0 Å². The summed E-state index contributed by atoms with van der Waals surface area (Å²) in [4.78, 5) is 3.64. The molecular weight excluding hydrogens is 242 g/mol. The van der Waals surface area contributed by atoms with E-state index in [9.17, 15) is 5.11 Å². The summed E-state index contributed by atoms with van der Waals surface area (Å²) >= 11 is 1.80. The number of thiophene rings is 1. The molecule has 96 valence electrons. The maximum Gasteiger partial charge on any atom is 0.0702 e. The van der Waals surface area contributed by atoms with Crippen molar-refractivity contribution in [2.24, 2.45) is 0 Å². The molecule has 0 saturated carbocycles. The molecule has 18 heavy (non-hydrogen) atoms. The first-order chi connectivity index (χ1) is 8.72. The Morgan fingerprint density at radius 3 is 2.67 bits per heavy atom. The van der Waals surface area contributed by atoms with Gasteiger partial charge < -0.3 is 10.0 Å². The van der Waals surface area contributed by atoms with Crippen molar-refractivity contribution in [2.75, 3.05) is 11.9 Å². The first kappa shape index (κ1) is 13.1. The van der Waals surface area contributed by atoms with Gasteiger partial charge in [0.05, 0.1) is 6.61 Å². The lowest BCUT2D eigenvalue weighted by Gasteiger charge is -2.28. The fraction of sp³-hybridized carbons (Fsp3) is 0.333. The number of anilines is 1. The van der Waals surface area contributed by atoms with E-state index in [0.717, 1.165) is 17.7 Å². The Labute approximate surface area is 113 Å². The molecule has 1 atom stereocenters. The van der Waals surface area contributed by atoms with Crippen molar-refractivity contribution >= 4 is 17.0 Å². The van der Waals surface area contributed by atoms with Crippen LogP contribution in [0.3, 0.4) is 0 Å². The normalized spacial score (nSPS) is 12.4. The molecule has 1 aromatic heterocycles. The van der Waals surface area contributed by atoms with Gasteiger partial charge in [-0.1, -0.05) is 24.3 Å². The van der Waals surface area contributed by atoms with Gasteiger partial charge in [0.1, 0.15) is 0 Å². The van der Waals surface area contributed by atoms with Crippen molar-refractivity contribution in [2.45, 2.75) is 26.0 Å². The smallest absolute Gasteiger partial charge is 0.0702 e. The summed E-state index contributed by atoms with van der Waals surface area (Å²) in [7, 11) is 2.09. The number of aliphatic hydroxyl groups is 1. The van der Waals surface area contributed by atoms with Gasteiger partial charge in [-0.05, 0) is 24.4 Å². The number of hydrogen-bond donors (Lipinski definition) is 1. The van der Waals surface area contributed by atoms with Crippen molar-refractivity contribution in [1.82, 2.24) is 0 Å². The predicted octanol–water partition coefficient (Wildman–Crippen LogP) is 3.31. The molecule has 0 aliphatic carbocycles. The Bertz CT molecular complexity index is 481. The highest BCUT2D eigenvalue weighted by molar-refractivity contribution is 7.09. The zero-order valence-corrected chi connectivity index (χ0v) is 11.7. The second-order valence-corrected chi connectivity index (χ2v) is 5.56. The predicted molar refractivity (Wildman–Crippen MR) is 78.3 cm³/mol. The van der Waals surface area contributed by atoms with Crippen LogP contribution in [-0.2, 0) is 13.0 Å². The first-order valence-electron chi connectivity index (χ1n) is 6.16. The van der Waals surface area contributed by atoms with Crippen LogP contribution in [0.2, 0.25) is 0 Å². The van der Waals surface area contributed by atoms with Crippen LogP contribution in [0.5, 0.6) is 0 Å². The molecular formula is C15H19NOS. The molecule has 3 heteroatoms. The van der Waals surface area contributed by atoms with E-state index < -0.39 is 0 Å². The van der Waals surface area contributed by atoms with Gasteiger partial charge in [-0.25, -0.2) is 0 Å². The van der Waals surface area contributed by atoms with Crippen LogP contribution in [0.25, 0.3) is 0 Å². The number of benzene rings is 1. The lowest BCUT2D eigenvalue weighted by atomic mass is 10.1. The van der Waals surface area contributed by atoms with E-state index in [0.29, 0.717) is 6.04 Å². The summed E-state index contributed by atoms with van der Waals surface area (Å²) in [5.41, 5.74) is 2.10. The second-order valence-electron chi connectivity index (χ2n) is 4.53. The Hall–Kier alpha value is -1.32. The topological polar surface area (TPSA) is 23.5 Å². The van der Waals surface area contributed by atoms with Gasteiger partial charge >= 0.3 is 0 Å². The van der Waals surface area contributed by atoms with Crippen LogP contribution in [0.4, 0.5) is 5.69 Å². The van der Waals surface area contributed by atoms with E-state index in [4.69, 9.17) is 0 Å². The Kier molecular flexibility index (Phi) is 4.39. The summed E-state index contributed by atoms with van der Waals surface area (Å²) in [6.45, 7) is 2.31. The van der Waals surface area contributed by atoms with E-state index in [-0.39, 0.29) is 6.61 Å². The van der Waals surface area contributed by atoms with Crippen LogP contribution in [-0.4, -0.2) is 18.2 Å². The molecule has 1 N–H and O–H groups in total. The Balaban J connectivity index is 2.12. The van der Waals surface area contributed by atoms with E-state index >= 15 is 0 Å². The number of aliphatic hydroxyl groups excluding tert-OH is 1. The van der Waals surface area contributed by atoms with Crippen LogP contribution in [0.15, 0.2) is 41.8 Å². The van der Waals surface area contributed by atoms with Crippen molar-refractivity contribution in [3.05, 3.63) is 52.2 Å². The highest BCUT2D eigenvalue weighted by atomic mass is 32.1. The number of likely N-dealkylation sites (N-methyl/N-ethyl adjacent to an activating group) is 1. The molecule has 0 aliphatic rings. The molecule has 0 fully saturated rings. The van der Waals surface area contributed by atoms with Crippen LogP contribution >= 0.6 is 11.3 Å². The molecule has 2 aromatic rings. The third-order valence-electron chi connectivity index (χ3n) is 3.28. The molecule has 1 heterocycles. The molecule has 0 bridgehead atoms. The summed E-state index contributed by atoms with van der Waals surface area (Å²) in [6, 6.07) is 12.7. The molecule has 0 saturated heterocycles. The van der Waals surface area contributed by atoms with Gasteiger partial charge in [0, 0.05) is 35.6 Å². The minimum atomic E-state index is 0.0895. The van der Waals surface area contributed by atoms with Crippen LogP contribution in [0.1, 0.15) is 17.4 Å². The lowest BCUT2D eigenvalue weighted by molar-refractivity contribution is 0.282. The average molecular weight is 261 g/mol. The van der Waals surface area contributed by atoms with E-state index in [1.54, 1.807) is 11.3 Å². The molecule has 0 radical (unpaired) electrons.